The molecule has 0 saturated carbocycles. The van der Waals surface area contributed by atoms with Crippen LogP contribution in [-0.4, -0.2) is 24.0 Å². The summed E-state index contributed by atoms with van der Waals surface area (Å²) >= 11 is 0. The predicted octanol–water partition coefficient (Wildman–Crippen LogP) is 2.58. The number of aryl methyl sites for hydroxylation is 1. The second-order valence-corrected chi connectivity index (χ2v) is 6.22. The quantitative estimate of drug-likeness (QED) is 0.839. The van der Waals surface area contributed by atoms with E-state index < -0.39 is 17.4 Å². The van der Waals surface area contributed by atoms with Crippen LogP contribution in [0.1, 0.15) is 18.1 Å². The van der Waals surface area contributed by atoms with Crippen molar-refractivity contribution in [1.29, 1.82) is 0 Å². The number of carbonyl (C=O) groups is 2. The van der Waals surface area contributed by atoms with Crippen LogP contribution in [0.2, 0.25) is 0 Å². The molecule has 2 N–H and O–H groups in total. The van der Waals surface area contributed by atoms with Crippen molar-refractivity contribution in [3.63, 3.8) is 0 Å². The molecule has 0 aromatic heterocycles. The summed E-state index contributed by atoms with van der Waals surface area (Å²) in [5.74, 6) is -0.869. The van der Waals surface area contributed by atoms with Crippen molar-refractivity contribution in [1.82, 2.24) is 5.32 Å². The maximum absolute atomic E-state index is 12.9. The summed E-state index contributed by atoms with van der Waals surface area (Å²) in [5.41, 5.74) is 0.795. The molecule has 0 fully saturated rings. The van der Waals surface area contributed by atoms with Crippen molar-refractivity contribution in [2.75, 3.05) is 11.9 Å². The van der Waals surface area contributed by atoms with Crippen molar-refractivity contribution in [2.45, 2.75) is 25.9 Å². The number of ether oxygens (including phenoxy) is 1. The second-order valence-electron chi connectivity index (χ2n) is 6.22. The first-order chi connectivity index (χ1) is 11.9. The molecule has 6 heteroatoms. The molecule has 25 heavy (non-hydrogen) atoms. The summed E-state index contributed by atoms with van der Waals surface area (Å²) in [7, 11) is 0. The number of rotatable bonds is 4. The standard InChI is InChI=1S/C19H19FN2O3/c1-12-3-8-16-15(11-12)22-18(24)19(2,25-16)17(23)21-10-9-13-4-6-14(20)7-5-13/h3-8,11H,9-10H2,1-2H3,(H,21,23)(H,22,24). The zero-order chi connectivity index (χ0) is 18.0. The van der Waals surface area contributed by atoms with Crippen LogP contribution in [0, 0.1) is 12.7 Å². The molecule has 2 aromatic carbocycles. The first-order valence-electron chi connectivity index (χ1n) is 8.02. The third kappa shape index (κ3) is 3.47. The third-order valence-electron chi connectivity index (χ3n) is 4.18. The Balaban J connectivity index is 1.65. The van der Waals surface area contributed by atoms with Gasteiger partial charge in [0.1, 0.15) is 11.6 Å². The monoisotopic (exact) mass is 342 g/mol. The smallest absolute Gasteiger partial charge is 0.278 e. The highest BCUT2D eigenvalue weighted by atomic mass is 19.1. The van der Waals surface area contributed by atoms with Crippen LogP contribution in [0.15, 0.2) is 42.5 Å². The van der Waals surface area contributed by atoms with E-state index in [1.807, 2.05) is 13.0 Å². The maximum Gasteiger partial charge on any atom is 0.278 e. The highest BCUT2D eigenvalue weighted by molar-refractivity contribution is 6.15. The Morgan fingerprint density at radius 3 is 2.68 bits per heavy atom. The predicted molar refractivity (Wildman–Crippen MR) is 92.0 cm³/mol. The van der Waals surface area contributed by atoms with Crippen molar-refractivity contribution in [3.05, 3.63) is 59.4 Å². The Morgan fingerprint density at radius 1 is 1.24 bits per heavy atom. The molecule has 2 aromatic rings. The van der Waals surface area contributed by atoms with E-state index in [2.05, 4.69) is 10.6 Å². The van der Waals surface area contributed by atoms with Crippen molar-refractivity contribution >= 4 is 17.5 Å². The molecule has 1 heterocycles. The summed E-state index contributed by atoms with van der Waals surface area (Å²) in [4.78, 5) is 24.9. The average Bonchev–Trinajstić information content (AvgIpc) is 2.58. The fourth-order valence-electron chi connectivity index (χ4n) is 2.63. The van der Waals surface area contributed by atoms with Crippen LogP contribution < -0.4 is 15.4 Å². The molecule has 1 aliphatic rings. The fraction of sp³-hybridized carbons (Fsp3) is 0.263. The molecular formula is C19H19FN2O3. The van der Waals surface area contributed by atoms with E-state index in [0.29, 0.717) is 24.4 Å². The van der Waals surface area contributed by atoms with Crippen LogP contribution in [0.4, 0.5) is 10.1 Å². The van der Waals surface area contributed by atoms with Gasteiger partial charge in [0.05, 0.1) is 5.69 Å². The number of benzene rings is 2. The first-order valence-corrected chi connectivity index (χ1v) is 8.02. The molecule has 0 aliphatic carbocycles. The zero-order valence-electron chi connectivity index (χ0n) is 14.1. The number of anilines is 1. The van der Waals surface area contributed by atoms with Gasteiger partial charge < -0.3 is 15.4 Å². The molecule has 0 bridgehead atoms. The molecule has 5 nitrogen and oxygen atoms in total. The molecule has 1 atom stereocenters. The van der Waals surface area contributed by atoms with E-state index in [9.17, 15) is 14.0 Å². The molecular weight excluding hydrogens is 323 g/mol. The van der Waals surface area contributed by atoms with E-state index >= 15 is 0 Å². The molecule has 2 amide bonds. The minimum atomic E-state index is -1.63. The number of nitrogens with one attached hydrogen (secondary N) is 2. The van der Waals surface area contributed by atoms with E-state index in [1.54, 1.807) is 24.3 Å². The fourth-order valence-corrected chi connectivity index (χ4v) is 2.63. The summed E-state index contributed by atoms with van der Waals surface area (Å²) in [6.45, 7) is 3.66. The zero-order valence-corrected chi connectivity index (χ0v) is 14.1. The Bertz CT molecular complexity index is 820. The highest BCUT2D eigenvalue weighted by Crippen LogP contribution is 2.34. The van der Waals surface area contributed by atoms with Crippen LogP contribution in [0.25, 0.3) is 0 Å². The van der Waals surface area contributed by atoms with Crippen LogP contribution in [0.5, 0.6) is 5.75 Å². The van der Waals surface area contributed by atoms with Gasteiger partial charge in [0.25, 0.3) is 17.4 Å². The molecule has 3 rings (SSSR count). The van der Waals surface area contributed by atoms with Gasteiger partial charge in [0.15, 0.2) is 0 Å². The van der Waals surface area contributed by atoms with Gasteiger partial charge in [-0.05, 0) is 55.7 Å². The lowest BCUT2D eigenvalue weighted by atomic mass is 10.0. The number of amides is 2. The maximum atomic E-state index is 12.9. The number of hydrogen-bond donors (Lipinski definition) is 2. The number of carbonyl (C=O) groups excluding carboxylic acids is 2. The molecule has 0 spiro atoms. The normalized spacial score (nSPS) is 18.8. The van der Waals surface area contributed by atoms with Gasteiger partial charge in [-0.15, -0.1) is 0 Å². The van der Waals surface area contributed by atoms with E-state index in [-0.39, 0.29) is 5.82 Å². The molecule has 1 aliphatic heterocycles. The third-order valence-corrected chi connectivity index (χ3v) is 4.18. The van der Waals surface area contributed by atoms with E-state index in [0.717, 1.165) is 11.1 Å². The lowest BCUT2D eigenvalue weighted by Gasteiger charge is -2.33. The Labute approximate surface area is 145 Å². The van der Waals surface area contributed by atoms with Gasteiger partial charge in [0, 0.05) is 6.54 Å². The lowest BCUT2D eigenvalue weighted by Crippen LogP contribution is -2.58. The molecule has 0 saturated heterocycles. The van der Waals surface area contributed by atoms with Crippen LogP contribution in [0.3, 0.4) is 0 Å². The van der Waals surface area contributed by atoms with E-state index in [1.165, 1.54) is 19.1 Å². The molecule has 1 unspecified atom stereocenters. The Morgan fingerprint density at radius 2 is 1.96 bits per heavy atom. The van der Waals surface area contributed by atoms with Crippen molar-refractivity contribution in [2.24, 2.45) is 0 Å². The molecule has 130 valence electrons. The number of hydrogen-bond acceptors (Lipinski definition) is 3. The Kier molecular flexibility index (Phi) is 4.44. The van der Waals surface area contributed by atoms with Crippen LogP contribution >= 0.6 is 0 Å². The van der Waals surface area contributed by atoms with Crippen LogP contribution in [-0.2, 0) is 16.0 Å². The highest BCUT2D eigenvalue weighted by Gasteiger charge is 2.47. The largest absolute Gasteiger partial charge is 0.466 e. The van der Waals surface area contributed by atoms with Gasteiger partial charge in [-0.1, -0.05) is 18.2 Å². The summed E-state index contributed by atoms with van der Waals surface area (Å²) in [6.07, 6.45) is 0.527. The molecule has 0 radical (unpaired) electrons. The summed E-state index contributed by atoms with van der Waals surface area (Å²) < 4.78 is 18.6. The van der Waals surface area contributed by atoms with Gasteiger partial charge >= 0.3 is 0 Å². The van der Waals surface area contributed by atoms with Gasteiger partial charge in [-0.2, -0.15) is 0 Å². The minimum Gasteiger partial charge on any atom is -0.466 e. The van der Waals surface area contributed by atoms with Gasteiger partial charge in [-0.25, -0.2) is 4.39 Å². The van der Waals surface area contributed by atoms with Crippen molar-refractivity contribution < 1.29 is 18.7 Å². The Hall–Kier alpha value is -2.89. The van der Waals surface area contributed by atoms with Crippen molar-refractivity contribution in [3.8, 4) is 5.75 Å². The number of halogens is 1. The van der Waals surface area contributed by atoms with E-state index in [4.69, 9.17) is 4.74 Å². The summed E-state index contributed by atoms with van der Waals surface area (Å²) in [5, 5.41) is 5.43. The van der Waals surface area contributed by atoms with Gasteiger partial charge in [0.2, 0.25) is 0 Å². The SMILES string of the molecule is Cc1ccc2c(c1)NC(=O)C(C)(C(=O)NCCc1ccc(F)cc1)O2. The lowest BCUT2D eigenvalue weighted by molar-refractivity contribution is -0.146. The van der Waals surface area contributed by atoms with Gasteiger partial charge in [-0.3, -0.25) is 9.59 Å². The second kappa shape index (κ2) is 6.55. The first kappa shape index (κ1) is 17.0. The topological polar surface area (TPSA) is 67.4 Å². The average molecular weight is 342 g/mol. The number of fused-ring (bicyclic) bond motifs is 1. The summed E-state index contributed by atoms with van der Waals surface area (Å²) in [6, 6.07) is 11.4. The minimum absolute atomic E-state index is 0.304.